The van der Waals surface area contributed by atoms with E-state index in [1.54, 1.807) is 24.1 Å². The van der Waals surface area contributed by atoms with Crippen molar-refractivity contribution in [3.8, 4) is 11.1 Å². The minimum atomic E-state index is -0.713. The summed E-state index contributed by atoms with van der Waals surface area (Å²) in [4.78, 5) is 14.8. The molecule has 0 aliphatic carbocycles. The lowest BCUT2D eigenvalue weighted by Crippen LogP contribution is -2.33. The zero-order chi connectivity index (χ0) is 25.7. The third-order valence-corrected chi connectivity index (χ3v) is 6.98. The molecule has 1 amide bonds. The first-order valence-electron chi connectivity index (χ1n) is 12.6. The van der Waals surface area contributed by atoms with Crippen LogP contribution in [-0.4, -0.2) is 54.9 Å². The number of β-amino-alcohol motifs (C(OH)–C–C–N with tert-alkyl or cyclic N) is 1. The number of aliphatic hydroxyl groups is 1. The molecule has 5 nitrogen and oxygen atoms in total. The molecule has 0 aromatic heterocycles. The molecule has 1 heterocycles. The molecule has 0 radical (unpaired) electrons. The molecule has 3 aromatic carbocycles. The molecule has 3 unspecified atom stereocenters. The van der Waals surface area contributed by atoms with Crippen molar-refractivity contribution >= 4 is 5.91 Å². The van der Waals surface area contributed by atoms with Gasteiger partial charge in [-0.25, -0.2) is 4.39 Å². The molecular weight excluding hydrogens is 455 g/mol. The van der Waals surface area contributed by atoms with Crippen molar-refractivity contribution in [3.05, 3.63) is 94.8 Å². The first-order valence-corrected chi connectivity index (χ1v) is 12.6. The molecular formula is C30H35FN2O3. The Morgan fingerprint density at radius 2 is 1.89 bits per heavy atom. The van der Waals surface area contributed by atoms with Crippen molar-refractivity contribution in [2.24, 2.45) is 5.73 Å². The van der Waals surface area contributed by atoms with Crippen LogP contribution in [0.1, 0.15) is 52.2 Å². The Kier molecular flexibility index (Phi) is 8.52. The molecule has 4 rings (SSSR count). The van der Waals surface area contributed by atoms with E-state index in [-0.39, 0.29) is 24.2 Å². The number of amides is 1. The third-order valence-electron chi connectivity index (χ3n) is 6.98. The average Bonchev–Trinajstić information content (AvgIpc) is 3.21. The molecule has 36 heavy (non-hydrogen) atoms. The molecule has 0 bridgehead atoms. The van der Waals surface area contributed by atoms with Gasteiger partial charge in [0.15, 0.2) is 0 Å². The fourth-order valence-electron chi connectivity index (χ4n) is 5.08. The zero-order valence-electron chi connectivity index (χ0n) is 21.0. The van der Waals surface area contributed by atoms with Crippen molar-refractivity contribution in [1.82, 2.24) is 4.90 Å². The first kappa shape index (κ1) is 26.0. The number of aryl methyl sites for hydroxylation is 1. The van der Waals surface area contributed by atoms with E-state index in [1.165, 1.54) is 6.07 Å². The van der Waals surface area contributed by atoms with Gasteiger partial charge in [0.25, 0.3) is 5.91 Å². The van der Waals surface area contributed by atoms with Crippen LogP contribution in [0.25, 0.3) is 11.1 Å². The molecule has 0 spiro atoms. The molecule has 3 N–H and O–H groups in total. The molecule has 1 saturated heterocycles. The minimum Gasteiger partial charge on any atom is -0.390 e. The predicted molar refractivity (Wildman–Crippen MR) is 140 cm³/mol. The monoisotopic (exact) mass is 490 g/mol. The van der Waals surface area contributed by atoms with Gasteiger partial charge in [-0.15, -0.1) is 0 Å². The Morgan fingerprint density at radius 1 is 1.11 bits per heavy atom. The van der Waals surface area contributed by atoms with Gasteiger partial charge in [-0.2, -0.15) is 0 Å². The van der Waals surface area contributed by atoms with E-state index in [9.17, 15) is 9.90 Å². The van der Waals surface area contributed by atoms with Crippen LogP contribution in [0, 0.1) is 12.7 Å². The summed E-state index contributed by atoms with van der Waals surface area (Å²) >= 11 is 0. The van der Waals surface area contributed by atoms with Gasteiger partial charge in [-0.3, -0.25) is 4.79 Å². The largest absolute Gasteiger partial charge is 0.390 e. The molecule has 1 aliphatic rings. The van der Waals surface area contributed by atoms with Gasteiger partial charge in [0.05, 0.1) is 6.10 Å². The molecule has 0 saturated carbocycles. The molecule has 190 valence electrons. The second-order valence-corrected chi connectivity index (χ2v) is 9.68. The van der Waals surface area contributed by atoms with Gasteiger partial charge in [0.1, 0.15) is 5.82 Å². The maximum atomic E-state index is 15.4. The number of nitrogens with zero attached hydrogens (tertiary/aromatic N) is 1. The number of ether oxygens (including phenoxy) is 1. The van der Waals surface area contributed by atoms with E-state index in [0.29, 0.717) is 24.3 Å². The summed E-state index contributed by atoms with van der Waals surface area (Å²) in [6.45, 7) is 3.22. The Morgan fingerprint density at radius 3 is 2.61 bits per heavy atom. The van der Waals surface area contributed by atoms with Crippen molar-refractivity contribution in [3.63, 3.8) is 0 Å². The number of halogens is 1. The number of nitrogens with two attached hydrogens (primary N) is 1. The number of carbonyl (C=O) groups excluding carboxylic acids is 1. The fourth-order valence-corrected chi connectivity index (χ4v) is 5.08. The summed E-state index contributed by atoms with van der Waals surface area (Å²) in [7, 11) is 1.69. The number of aliphatic hydroxyl groups excluding tert-OH is 1. The van der Waals surface area contributed by atoms with E-state index in [4.69, 9.17) is 10.5 Å². The Hall–Kier alpha value is -3.06. The lowest BCUT2D eigenvalue weighted by atomic mass is 9.82. The van der Waals surface area contributed by atoms with Crippen molar-refractivity contribution in [2.45, 2.75) is 44.2 Å². The fraction of sp³-hybridized carbons (Fsp3) is 0.367. The number of methoxy groups -OCH3 is 1. The Labute approximate surface area is 212 Å². The quantitative estimate of drug-likeness (QED) is 0.419. The van der Waals surface area contributed by atoms with Crippen LogP contribution in [0.5, 0.6) is 0 Å². The average molecular weight is 491 g/mol. The van der Waals surface area contributed by atoms with Gasteiger partial charge >= 0.3 is 0 Å². The number of rotatable bonds is 9. The van der Waals surface area contributed by atoms with E-state index in [0.717, 1.165) is 41.5 Å². The standard InChI is InChI=1S/C30H35FN2O3/c1-20-8-5-10-22(16-20)29-25(13-7-14-26(29)31)24(12-3-4-15-36-2)21-9-6-11-23(17-21)30(35)33-18-27(32)28(34)19-33/h5-11,13-14,16-17,24,27-28,34H,3-4,12,15,18-19,32H2,1-2H3. The number of carbonyl (C=O) groups is 1. The van der Waals surface area contributed by atoms with Gasteiger partial charge in [-0.1, -0.05) is 60.5 Å². The third kappa shape index (κ3) is 5.84. The van der Waals surface area contributed by atoms with Gasteiger partial charge in [-0.05, 0) is 54.7 Å². The summed E-state index contributed by atoms with van der Waals surface area (Å²) in [6.07, 6.45) is 1.86. The van der Waals surface area contributed by atoms with Gasteiger partial charge in [0.2, 0.25) is 0 Å². The van der Waals surface area contributed by atoms with Crippen LogP contribution in [-0.2, 0) is 4.74 Å². The van der Waals surface area contributed by atoms with Crippen LogP contribution in [0.3, 0.4) is 0 Å². The molecule has 3 atom stereocenters. The SMILES string of the molecule is COCCCCC(c1cccc(C(=O)N2CC(N)C(O)C2)c1)c1cccc(F)c1-c1cccc(C)c1. The summed E-state index contributed by atoms with van der Waals surface area (Å²) in [5.74, 6) is -0.514. The van der Waals surface area contributed by atoms with Gasteiger partial charge in [0, 0.05) is 49.9 Å². The summed E-state index contributed by atoms with van der Waals surface area (Å²) in [5.41, 5.74) is 10.8. The highest BCUT2D eigenvalue weighted by Crippen LogP contribution is 2.38. The van der Waals surface area contributed by atoms with Crippen molar-refractivity contribution in [2.75, 3.05) is 26.8 Å². The number of hydrogen-bond acceptors (Lipinski definition) is 4. The van der Waals surface area contributed by atoms with Crippen LogP contribution in [0.4, 0.5) is 4.39 Å². The lowest BCUT2D eigenvalue weighted by Gasteiger charge is -2.23. The lowest BCUT2D eigenvalue weighted by molar-refractivity contribution is 0.0765. The zero-order valence-corrected chi connectivity index (χ0v) is 21.0. The summed E-state index contributed by atoms with van der Waals surface area (Å²) in [5, 5.41) is 10.0. The van der Waals surface area contributed by atoms with Crippen LogP contribution < -0.4 is 5.73 Å². The highest BCUT2D eigenvalue weighted by molar-refractivity contribution is 5.94. The van der Waals surface area contributed by atoms with Crippen LogP contribution in [0.15, 0.2) is 66.7 Å². The number of unbranched alkanes of at least 4 members (excludes halogenated alkanes) is 1. The molecule has 1 fully saturated rings. The topological polar surface area (TPSA) is 75.8 Å². The Bertz CT molecular complexity index is 1190. The van der Waals surface area contributed by atoms with Crippen molar-refractivity contribution < 1.29 is 19.0 Å². The smallest absolute Gasteiger partial charge is 0.254 e. The molecule has 6 heteroatoms. The van der Waals surface area contributed by atoms with E-state index < -0.39 is 12.1 Å². The van der Waals surface area contributed by atoms with Crippen molar-refractivity contribution in [1.29, 1.82) is 0 Å². The number of benzene rings is 3. The number of hydrogen-bond donors (Lipinski definition) is 2. The predicted octanol–water partition coefficient (Wildman–Crippen LogP) is 4.89. The van der Waals surface area contributed by atoms with E-state index in [1.807, 2.05) is 55.5 Å². The second kappa shape index (κ2) is 11.8. The van der Waals surface area contributed by atoms with E-state index in [2.05, 4.69) is 0 Å². The van der Waals surface area contributed by atoms with E-state index >= 15 is 4.39 Å². The summed E-state index contributed by atoms with van der Waals surface area (Å²) in [6, 6.07) is 20.3. The maximum absolute atomic E-state index is 15.4. The maximum Gasteiger partial charge on any atom is 0.254 e. The van der Waals surface area contributed by atoms with Gasteiger partial charge < -0.3 is 20.5 Å². The number of likely N-dealkylation sites (tertiary alicyclic amines) is 1. The molecule has 1 aliphatic heterocycles. The highest BCUT2D eigenvalue weighted by atomic mass is 19.1. The minimum absolute atomic E-state index is 0.104. The second-order valence-electron chi connectivity index (χ2n) is 9.68. The molecule has 3 aromatic rings. The first-order chi connectivity index (χ1) is 17.4. The highest BCUT2D eigenvalue weighted by Gasteiger charge is 2.32. The van der Waals surface area contributed by atoms with Crippen LogP contribution in [0.2, 0.25) is 0 Å². The summed E-state index contributed by atoms with van der Waals surface area (Å²) < 4.78 is 20.6. The Balaban J connectivity index is 1.74. The van der Waals surface area contributed by atoms with Crippen LogP contribution >= 0.6 is 0 Å². The normalized spacial score (nSPS) is 18.4.